The van der Waals surface area contributed by atoms with Crippen molar-refractivity contribution in [1.82, 2.24) is 14.9 Å². The first-order valence-electron chi connectivity index (χ1n) is 6.08. The molecule has 0 saturated heterocycles. The molecule has 0 aliphatic carbocycles. The molecule has 1 aromatic carbocycles. The Balaban J connectivity index is 2.14. The Kier molecular flexibility index (Phi) is 3.82. The molecule has 0 fully saturated rings. The molecule has 2 rings (SSSR count). The average Bonchev–Trinajstić information content (AvgIpc) is 2.76. The van der Waals surface area contributed by atoms with Crippen LogP contribution >= 0.6 is 0 Å². The lowest BCUT2D eigenvalue weighted by Crippen LogP contribution is -2.43. The molecule has 102 valence electrons. The van der Waals surface area contributed by atoms with Crippen molar-refractivity contribution in [3.63, 3.8) is 0 Å². The number of fused-ring (bicyclic) bond motifs is 1. The number of likely N-dealkylation sites (N-methyl/N-ethyl adjacent to an activating group) is 1. The minimum absolute atomic E-state index is 0.275. The Morgan fingerprint density at radius 3 is 3.00 bits per heavy atom. The predicted octanol–water partition coefficient (Wildman–Crippen LogP) is 0.149. The van der Waals surface area contributed by atoms with Crippen LogP contribution in [-0.2, 0) is 11.3 Å². The van der Waals surface area contributed by atoms with E-state index in [0.29, 0.717) is 6.54 Å². The van der Waals surface area contributed by atoms with E-state index in [4.69, 9.17) is 10.8 Å². The molecule has 1 atom stereocenters. The molecule has 4 N–H and O–H groups in total. The third-order valence-electron chi connectivity index (χ3n) is 2.97. The number of carbonyl (C=O) groups is 1. The topological polar surface area (TPSA) is 95.2 Å². The second kappa shape index (κ2) is 5.38. The van der Waals surface area contributed by atoms with Crippen molar-refractivity contribution in [2.24, 2.45) is 5.73 Å². The van der Waals surface area contributed by atoms with E-state index in [0.717, 1.165) is 22.4 Å². The minimum atomic E-state index is -0.858. The van der Waals surface area contributed by atoms with Crippen molar-refractivity contribution < 1.29 is 9.90 Å². The zero-order valence-corrected chi connectivity index (χ0v) is 11.1. The van der Waals surface area contributed by atoms with Gasteiger partial charge >= 0.3 is 0 Å². The maximum Gasteiger partial charge on any atom is 0.241 e. The number of hydrogen-bond donors (Lipinski definition) is 3. The van der Waals surface area contributed by atoms with Crippen molar-refractivity contribution in [3.8, 4) is 0 Å². The van der Waals surface area contributed by atoms with Crippen molar-refractivity contribution in [2.45, 2.75) is 19.5 Å². The number of nitrogens with zero attached hydrogens (tertiary/aromatic N) is 2. The number of aryl methyl sites for hydroxylation is 1. The molecule has 0 spiro atoms. The number of amides is 1. The summed E-state index contributed by atoms with van der Waals surface area (Å²) in [6.45, 7) is 2.00. The summed E-state index contributed by atoms with van der Waals surface area (Å²) in [7, 11) is 1.67. The van der Waals surface area contributed by atoms with E-state index in [1.54, 1.807) is 7.05 Å². The lowest BCUT2D eigenvalue weighted by atomic mass is 10.2. The maximum absolute atomic E-state index is 11.8. The van der Waals surface area contributed by atoms with E-state index in [-0.39, 0.29) is 12.5 Å². The van der Waals surface area contributed by atoms with Gasteiger partial charge in [0, 0.05) is 13.6 Å². The molecule has 1 amide bonds. The fraction of sp³-hybridized carbons (Fsp3) is 0.385. The zero-order valence-electron chi connectivity index (χ0n) is 11.1. The number of H-pyrrole nitrogens is 1. The van der Waals surface area contributed by atoms with Crippen LogP contribution in [0.3, 0.4) is 0 Å². The van der Waals surface area contributed by atoms with Crippen molar-refractivity contribution in [3.05, 3.63) is 29.6 Å². The highest BCUT2D eigenvalue weighted by Gasteiger charge is 2.17. The van der Waals surface area contributed by atoms with Gasteiger partial charge in [-0.25, -0.2) is 4.98 Å². The number of nitrogens with one attached hydrogen (secondary N) is 1. The number of aromatic amines is 1. The lowest BCUT2D eigenvalue weighted by Gasteiger charge is -2.20. The molecule has 0 radical (unpaired) electrons. The molecule has 1 unspecified atom stereocenters. The summed E-state index contributed by atoms with van der Waals surface area (Å²) in [5.74, 6) is 0.585. The highest BCUT2D eigenvalue weighted by Crippen LogP contribution is 2.14. The van der Waals surface area contributed by atoms with Crippen LogP contribution < -0.4 is 5.73 Å². The summed E-state index contributed by atoms with van der Waals surface area (Å²) in [6.07, 6.45) is 0. The molecule has 2 aromatic rings. The van der Waals surface area contributed by atoms with Crippen LogP contribution in [0.2, 0.25) is 0 Å². The van der Waals surface area contributed by atoms with Gasteiger partial charge in [0.2, 0.25) is 5.91 Å². The fourth-order valence-corrected chi connectivity index (χ4v) is 2.00. The molecule has 0 bridgehead atoms. The van der Waals surface area contributed by atoms with Crippen LogP contribution in [-0.4, -0.2) is 45.6 Å². The number of aliphatic hydroxyl groups excluding tert-OH is 1. The van der Waals surface area contributed by atoms with Gasteiger partial charge in [-0.15, -0.1) is 0 Å². The third kappa shape index (κ3) is 2.91. The first-order chi connectivity index (χ1) is 9.01. The highest BCUT2D eigenvalue weighted by molar-refractivity contribution is 5.81. The number of nitrogens with two attached hydrogens (primary N) is 1. The Bertz CT molecular complexity index is 593. The molecule has 6 heteroatoms. The van der Waals surface area contributed by atoms with E-state index in [9.17, 15) is 4.79 Å². The third-order valence-corrected chi connectivity index (χ3v) is 2.97. The van der Waals surface area contributed by atoms with Crippen molar-refractivity contribution in [2.75, 3.05) is 13.7 Å². The molecule has 1 heterocycles. The SMILES string of the molecule is Cc1nc2ccc(CN(C)C(=O)C(N)CO)cc2[nH]1. The largest absolute Gasteiger partial charge is 0.394 e. The molecule has 0 aliphatic heterocycles. The summed E-state index contributed by atoms with van der Waals surface area (Å²) < 4.78 is 0. The Labute approximate surface area is 111 Å². The lowest BCUT2D eigenvalue weighted by molar-refractivity contribution is -0.132. The van der Waals surface area contributed by atoms with Gasteiger partial charge in [0.1, 0.15) is 11.9 Å². The molecule has 0 saturated carbocycles. The van der Waals surface area contributed by atoms with Gasteiger partial charge in [-0.05, 0) is 24.6 Å². The van der Waals surface area contributed by atoms with E-state index in [1.165, 1.54) is 4.90 Å². The van der Waals surface area contributed by atoms with Crippen molar-refractivity contribution >= 4 is 16.9 Å². The Morgan fingerprint density at radius 2 is 2.32 bits per heavy atom. The van der Waals surface area contributed by atoms with Crippen LogP contribution in [0.4, 0.5) is 0 Å². The second-order valence-electron chi connectivity index (χ2n) is 4.66. The summed E-state index contributed by atoms with van der Waals surface area (Å²) >= 11 is 0. The van der Waals surface area contributed by atoms with Crippen LogP contribution in [0, 0.1) is 6.92 Å². The Hall–Kier alpha value is -1.92. The summed E-state index contributed by atoms with van der Waals surface area (Å²) in [5, 5.41) is 8.88. The summed E-state index contributed by atoms with van der Waals surface area (Å²) in [6, 6.07) is 4.95. The van der Waals surface area contributed by atoms with Gasteiger partial charge in [0.25, 0.3) is 0 Å². The number of rotatable bonds is 4. The number of imidazole rings is 1. The normalized spacial score (nSPS) is 12.6. The van der Waals surface area contributed by atoms with Gasteiger partial charge in [-0.2, -0.15) is 0 Å². The molecular formula is C13H18N4O2. The van der Waals surface area contributed by atoms with Gasteiger partial charge < -0.3 is 20.7 Å². The van der Waals surface area contributed by atoms with E-state index < -0.39 is 6.04 Å². The number of aromatic nitrogens is 2. The van der Waals surface area contributed by atoms with E-state index in [2.05, 4.69) is 9.97 Å². The van der Waals surface area contributed by atoms with Crippen LogP contribution in [0.1, 0.15) is 11.4 Å². The van der Waals surface area contributed by atoms with Crippen LogP contribution in [0.5, 0.6) is 0 Å². The number of benzene rings is 1. The first-order valence-corrected chi connectivity index (χ1v) is 6.08. The second-order valence-corrected chi connectivity index (χ2v) is 4.66. The number of aliphatic hydroxyl groups is 1. The summed E-state index contributed by atoms with van der Waals surface area (Å²) in [5.41, 5.74) is 8.34. The fourth-order valence-electron chi connectivity index (χ4n) is 2.00. The van der Waals surface area contributed by atoms with Gasteiger partial charge in [0.05, 0.1) is 17.6 Å². The van der Waals surface area contributed by atoms with E-state index >= 15 is 0 Å². The molecule has 6 nitrogen and oxygen atoms in total. The standard InChI is InChI=1S/C13H18N4O2/c1-8-15-11-4-3-9(5-12(11)16-8)6-17(2)13(19)10(14)7-18/h3-5,10,18H,6-7,14H2,1-2H3,(H,15,16). The van der Waals surface area contributed by atoms with Crippen LogP contribution in [0.15, 0.2) is 18.2 Å². The van der Waals surface area contributed by atoms with Gasteiger partial charge in [-0.1, -0.05) is 6.07 Å². The molecule has 1 aromatic heterocycles. The van der Waals surface area contributed by atoms with Gasteiger partial charge in [0.15, 0.2) is 0 Å². The molecule has 19 heavy (non-hydrogen) atoms. The minimum Gasteiger partial charge on any atom is -0.394 e. The average molecular weight is 262 g/mol. The monoisotopic (exact) mass is 262 g/mol. The zero-order chi connectivity index (χ0) is 14.0. The number of carbonyl (C=O) groups excluding carboxylic acids is 1. The first kappa shape index (κ1) is 13.5. The molecular weight excluding hydrogens is 244 g/mol. The quantitative estimate of drug-likeness (QED) is 0.731. The van der Waals surface area contributed by atoms with Crippen molar-refractivity contribution in [1.29, 1.82) is 0 Å². The van der Waals surface area contributed by atoms with E-state index in [1.807, 2.05) is 25.1 Å². The smallest absolute Gasteiger partial charge is 0.241 e. The Morgan fingerprint density at radius 1 is 1.58 bits per heavy atom. The number of hydrogen-bond acceptors (Lipinski definition) is 4. The van der Waals surface area contributed by atoms with Crippen LogP contribution in [0.25, 0.3) is 11.0 Å². The predicted molar refractivity (Wildman–Crippen MR) is 72.4 cm³/mol. The highest BCUT2D eigenvalue weighted by atomic mass is 16.3. The maximum atomic E-state index is 11.8. The summed E-state index contributed by atoms with van der Waals surface area (Å²) in [4.78, 5) is 20.7. The van der Waals surface area contributed by atoms with Gasteiger partial charge in [-0.3, -0.25) is 4.79 Å². The molecule has 0 aliphatic rings.